The zero-order valence-corrected chi connectivity index (χ0v) is 19.2. The Morgan fingerprint density at radius 1 is 1.06 bits per heavy atom. The standard InChI is InChI=1S/C25H20N2O3S2/c1-15-7-12-18-21(13-15)32-24(26-18)16-8-10-17(11-9-16)27-23(28)14-22(25(27)29)31-20-6-4-3-5-19(20)30-2/h3-13,22H,14H2,1-2H3. The number of carbonyl (C=O) groups is 2. The smallest absolute Gasteiger partial charge is 0.247 e. The minimum atomic E-state index is -0.467. The SMILES string of the molecule is COc1ccccc1SC1CC(=O)N(c2ccc(-c3nc4ccc(C)cc4s3)cc2)C1=O. The number of hydrogen-bond acceptors (Lipinski definition) is 6. The lowest BCUT2D eigenvalue weighted by Crippen LogP contribution is -2.31. The quantitative estimate of drug-likeness (QED) is 0.357. The van der Waals surface area contributed by atoms with E-state index in [1.807, 2.05) is 54.6 Å². The summed E-state index contributed by atoms with van der Waals surface area (Å²) in [6, 6.07) is 21.2. The van der Waals surface area contributed by atoms with Crippen LogP contribution in [0.3, 0.4) is 0 Å². The maximum atomic E-state index is 13.1. The summed E-state index contributed by atoms with van der Waals surface area (Å²) in [5, 5.41) is 0.451. The van der Waals surface area contributed by atoms with Gasteiger partial charge in [-0.15, -0.1) is 23.1 Å². The molecule has 1 fully saturated rings. The third kappa shape index (κ3) is 3.78. The lowest BCUT2D eigenvalue weighted by Gasteiger charge is -2.16. The first-order chi connectivity index (χ1) is 15.5. The average Bonchev–Trinajstić information content (AvgIpc) is 3.34. The number of thioether (sulfide) groups is 1. The van der Waals surface area contributed by atoms with Gasteiger partial charge in [0, 0.05) is 12.0 Å². The van der Waals surface area contributed by atoms with E-state index in [4.69, 9.17) is 9.72 Å². The highest BCUT2D eigenvalue weighted by Crippen LogP contribution is 2.38. The van der Waals surface area contributed by atoms with Gasteiger partial charge in [0.25, 0.3) is 0 Å². The zero-order chi connectivity index (χ0) is 22.2. The summed E-state index contributed by atoms with van der Waals surface area (Å²) in [6.45, 7) is 2.07. The monoisotopic (exact) mass is 460 g/mol. The summed E-state index contributed by atoms with van der Waals surface area (Å²) in [5.74, 6) is 0.311. The maximum absolute atomic E-state index is 13.1. The van der Waals surface area contributed by atoms with Crippen LogP contribution in [0.4, 0.5) is 5.69 Å². The number of ether oxygens (including phenoxy) is 1. The van der Waals surface area contributed by atoms with Crippen molar-refractivity contribution in [3.8, 4) is 16.3 Å². The van der Waals surface area contributed by atoms with Crippen LogP contribution >= 0.6 is 23.1 Å². The number of fused-ring (bicyclic) bond motifs is 1. The molecule has 1 aliphatic heterocycles. The van der Waals surface area contributed by atoms with Gasteiger partial charge >= 0.3 is 0 Å². The lowest BCUT2D eigenvalue weighted by atomic mass is 10.2. The van der Waals surface area contributed by atoms with Crippen molar-refractivity contribution < 1.29 is 14.3 Å². The third-order valence-electron chi connectivity index (χ3n) is 5.36. The third-order valence-corrected chi connectivity index (χ3v) is 7.67. The van der Waals surface area contributed by atoms with E-state index >= 15 is 0 Å². The molecule has 1 aliphatic rings. The molecule has 5 rings (SSSR count). The molecule has 0 N–H and O–H groups in total. The van der Waals surface area contributed by atoms with E-state index in [1.165, 1.54) is 22.2 Å². The van der Waals surface area contributed by atoms with Crippen LogP contribution in [0.2, 0.25) is 0 Å². The normalized spacial score (nSPS) is 16.2. The van der Waals surface area contributed by atoms with Crippen molar-refractivity contribution in [1.82, 2.24) is 4.98 Å². The number of methoxy groups -OCH3 is 1. The summed E-state index contributed by atoms with van der Waals surface area (Å²) in [5.41, 5.74) is 3.73. The molecule has 160 valence electrons. The van der Waals surface area contributed by atoms with E-state index in [0.717, 1.165) is 25.7 Å². The number of aryl methyl sites for hydroxylation is 1. The second-order valence-corrected chi connectivity index (χ2v) is 9.84. The van der Waals surface area contributed by atoms with Crippen LogP contribution < -0.4 is 9.64 Å². The van der Waals surface area contributed by atoms with Gasteiger partial charge < -0.3 is 4.74 Å². The van der Waals surface area contributed by atoms with E-state index in [2.05, 4.69) is 19.1 Å². The number of hydrogen-bond donors (Lipinski definition) is 0. The molecule has 5 nitrogen and oxygen atoms in total. The first-order valence-electron chi connectivity index (χ1n) is 10.2. The van der Waals surface area contributed by atoms with E-state index in [0.29, 0.717) is 11.4 Å². The van der Waals surface area contributed by atoms with Crippen molar-refractivity contribution in [3.05, 3.63) is 72.3 Å². The van der Waals surface area contributed by atoms with Crippen LogP contribution in [0, 0.1) is 6.92 Å². The predicted octanol–water partition coefficient (Wildman–Crippen LogP) is 5.70. The van der Waals surface area contributed by atoms with Crippen molar-refractivity contribution in [2.75, 3.05) is 12.0 Å². The molecule has 1 aromatic heterocycles. The highest BCUT2D eigenvalue weighted by Gasteiger charge is 2.40. The zero-order valence-electron chi connectivity index (χ0n) is 17.6. The van der Waals surface area contributed by atoms with Gasteiger partial charge in [-0.3, -0.25) is 9.59 Å². The van der Waals surface area contributed by atoms with E-state index in [1.54, 1.807) is 18.4 Å². The second-order valence-electron chi connectivity index (χ2n) is 7.57. The van der Waals surface area contributed by atoms with Gasteiger partial charge in [-0.05, 0) is 61.0 Å². The Balaban J connectivity index is 1.37. The molecule has 32 heavy (non-hydrogen) atoms. The number of para-hydroxylation sites is 1. The number of thiazole rings is 1. The molecule has 3 aromatic carbocycles. The Labute approximate surface area is 194 Å². The number of imide groups is 1. The van der Waals surface area contributed by atoms with Gasteiger partial charge in [0.2, 0.25) is 11.8 Å². The van der Waals surface area contributed by atoms with E-state index in [9.17, 15) is 9.59 Å². The number of benzene rings is 3. The molecule has 1 atom stereocenters. The average molecular weight is 461 g/mol. The Morgan fingerprint density at radius 3 is 2.62 bits per heavy atom. The molecule has 0 radical (unpaired) electrons. The molecule has 7 heteroatoms. The van der Waals surface area contributed by atoms with Crippen LogP contribution in [0.1, 0.15) is 12.0 Å². The first-order valence-corrected chi connectivity index (χ1v) is 11.9. The van der Waals surface area contributed by atoms with Gasteiger partial charge in [-0.25, -0.2) is 9.88 Å². The van der Waals surface area contributed by atoms with Crippen molar-refractivity contribution in [3.63, 3.8) is 0 Å². The number of amides is 2. The molecule has 1 unspecified atom stereocenters. The van der Waals surface area contributed by atoms with Crippen LogP contribution in [0.5, 0.6) is 5.75 Å². The number of aromatic nitrogens is 1. The molecule has 0 bridgehead atoms. The fourth-order valence-corrected chi connectivity index (χ4v) is 5.98. The van der Waals surface area contributed by atoms with Gasteiger partial charge in [-0.1, -0.05) is 18.2 Å². The summed E-state index contributed by atoms with van der Waals surface area (Å²) in [4.78, 5) is 32.6. The van der Waals surface area contributed by atoms with Gasteiger partial charge in [0.05, 0.1) is 33.2 Å². The van der Waals surface area contributed by atoms with Gasteiger partial charge in [0.15, 0.2) is 0 Å². The molecule has 2 amide bonds. The molecule has 1 saturated heterocycles. The minimum Gasteiger partial charge on any atom is -0.496 e. The molecular weight excluding hydrogens is 440 g/mol. The number of anilines is 1. The van der Waals surface area contributed by atoms with Crippen LogP contribution in [0.25, 0.3) is 20.8 Å². The van der Waals surface area contributed by atoms with E-state index < -0.39 is 5.25 Å². The second kappa shape index (κ2) is 8.41. The molecule has 0 spiro atoms. The summed E-state index contributed by atoms with van der Waals surface area (Å²) in [6.07, 6.45) is 0.167. The molecule has 2 heterocycles. The highest BCUT2D eigenvalue weighted by molar-refractivity contribution is 8.00. The first kappa shape index (κ1) is 20.7. The van der Waals surface area contributed by atoms with Crippen LogP contribution in [-0.2, 0) is 9.59 Å². The Hall–Kier alpha value is -3.16. The summed E-state index contributed by atoms with van der Waals surface area (Å²) < 4.78 is 6.52. The van der Waals surface area contributed by atoms with Crippen molar-refractivity contribution in [2.24, 2.45) is 0 Å². The van der Waals surface area contributed by atoms with Crippen molar-refractivity contribution in [1.29, 1.82) is 0 Å². The minimum absolute atomic E-state index is 0.167. The molecule has 4 aromatic rings. The maximum Gasteiger partial charge on any atom is 0.247 e. The van der Waals surface area contributed by atoms with E-state index in [-0.39, 0.29) is 18.2 Å². The predicted molar refractivity (Wildman–Crippen MR) is 130 cm³/mol. The van der Waals surface area contributed by atoms with Crippen LogP contribution in [-0.4, -0.2) is 29.2 Å². The Morgan fingerprint density at radius 2 is 1.84 bits per heavy atom. The Bertz CT molecular complexity index is 1330. The van der Waals surface area contributed by atoms with Gasteiger partial charge in [-0.2, -0.15) is 0 Å². The topological polar surface area (TPSA) is 59.5 Å². The summed E-state index contributed by atoms with van der Waals surface area (Å²) in [7, 11) is 1.60. The largest absolute Gasteiger partial charge is 0.496 e. The fourth-order valence-electron chi connectivity index (χ4n) is 3.75. The lowest BCUT2D eigenvalue weighted by molar-refractivity contribution is -0.121. The fraction of sp³-hybridized carbons (Fsp3) is 0.160. The van der Waals surface area contributed by atoms with Crippen molar-refractivity contribution in [2.45, 2.75) is 23.5 Å². The number of rotatable bonds is 5. The Kier molecular flexibility index (Phi) is 5.45. The molecule has 0 saturated carbocycles. The van der Waals surface area contributed by atoms with Crippen molar-refractivity contribution >= 4 is 50.8 Å². The number of carbonyl (C=O) groups excluding carboxylic acids is 2. The number of nitrogens with zero attached hydrogens (tertiary/aromatic N) is 2. The molecular formula is C25H20N2O3S2. The highest BCUT2D eigenvalue weighted by atomic mass is 32.2. The van der Waals surface area contributed by atoms with Gasteiger partial charge in [0.1, 0.15) is 10.8 Å². The van der Waals surface area contributed by atoms with Crippen LogP contribution in [0.15, 0.2) is 71.6 Å². The summed E-state index contributed by atoms with van der Waals surface area (Å²) >= 11 is 3.01. The molecule has 0 aliphatic carbocycles.